The summed E-state index contributed by atoms with van der Waals surface area (Å²) in [6.07, 6.45) is 2.41. The smallest absolute Gasteiger partial charge is 0.224 e. The minimum Gasteiger partial charge on any atom is -0.495 e. The van der Waals surface area contributed by atoms with E-state index in [-0.39, 0.29) is 5.82 Å². The zero-order valence-electron chi connectivity index (χ0n) is 15.1. The highest BCUT2D eigenvalue weighted by molar-refractivity contribution is 6.31. The number of anilines is 3. The molecule has 3 rings (SSSR count). The van der Waals surface area contributed by atoms with Crippen molar-refractivity contribution in [1.29, 1.82) is 0 Å². The van der Waals surface area contributed by atoms with Crippen LogP contribution in [0.2, 0.25) is 5.02 Å². The normalized spacial score (nSPS) is 10.5. The molecule has 0 aliphatic heterocycles. The zero-order valence-corrected chi connectivity index (χ0v) is 15.8. The first kappa shape index (κ1) is 18.9. The fourth-order valence-electron chi connectivity index (χ4n) is 2.55. The van der Waals surface area contributed by atoms with Gasteiger partial charge >= 0.3 is 0 Å². The molecule has 0 radical (unpaired) electrons. The van der Waals surface area contributed by atoms with E-state index in [1.54, 1.807) is 37.6 Å². The maximum absolute atomic E-state index is 12.9. The van der Waals surface area contributed by atoms with Gasteiger partial charge in [0, 0.05) is 23.8 Å². The van der Waals surface area contributed by atoms with Crippen molar-refractivity contribution in [2.45, 2.75) is 13.3 Å². The van der Waals surface area contributed by atoms with Crippen molar-refractivity contribution in [2.75, 3.05) is 24.3 Å². The summed E-state index contributed by atoms with van der Waals surface area (Å²) in [5.41, 5.74) is 2.75. The number of halogens is 2. The van der Waals surface area contributed by atoms with E-state index in [0.29, 0.717) is 29.1 Å². The third kappa shape index (κ3) is 5.08. The fraction of sp³-hybridized carbons (Fsp3) is 0.200. The van der Waals surface area contributed by atoms with Gasteiger partial charge in [-0.05, 0) is 48.7 Å². The number of aryl methyl sites for hydroxylation is 1. The number of benzene rings is 2. The van der Waals surface area contributed by atoms with Crippen molar-refractivity contribution in [1.82, 2.24) is 9.97 Å². The molecule has 2 aromatic carbocycles. The van der Waals surface area contributed by atoms with Crippen LogP contribution in [0.1, 0.15) is 11.1 Å². The third-order valence-electron chi connectivity index (χ3n) is 4.01. The summed E-state index contributed by atoms with van der Waals surface area (Å²) < 4.78 is 18.3. The zero-order chi connectivity index (χ0) is 19.2. The number of nitrogens with zero attached hydrogens (tertiary/aromatic N) is 2. The van der Waals surface area contributed by atoms with Crippen LogP contribution < -0.4 is 15.4 Å². The van der Waals surface area contributed by atoms with E-state index in [0.717, 1.165) is 23.2 Å². The SMILES string of the molecule is COc1cc(Cl)c(C)cc1Nc1ccnc(NCCc2ccc(F)cc2)n1. The molecule has 140 valence electrons. The molecule has 2 N–H and O–H groups in total. The lowest BCUT2D eigenvalue weighted by atomic mass is 10.1. The lowest BCUT2D eigenvalue weighted by molar-refractivity contribution is 0.416. The number of rotatable bonds is 7. The Bertz CT molecular complexity index is 918. The Balaban J connectivity index is 1.65. The predicted molar refractivity (Wildman–Crippen MR) is 107 cm³/mol. The van der Waals surface area contributed by atoms with E-state index in [9.17, 15) is 4.39 Å². The van der Waals surface area contributed by atoms with Gasteiger partial charge < -0.3 is 15.4 Å². The summed E-state index contributed by atoms with van der Waals surface area (Å²) >= 11 is 6.14. The molecule has 0 aliphatic rings. The molecule has 0 atom stereocenters. The van der Waals surface area contributed by atoms with E-state index in [1.807, 2.05) is 13.0 Å². The topological polar surface area (TPSA) is 59.1 Å². The Hall–Kier alpha value is -2.86. The molecule has 1 heterocycles. The molecule has 5 nitrogen and oxygen atoms in total. The highest BCUT2D eigenvalue weighted by Gasteiger charge is 2.08. The number of hydrogen-bond donors (Lipinski definition) is 2. The maximum Gasteiger partial charge on any atom is 0.224 e. The van der Waals surface area contributed by atoms with Gasteiger partial charge in [0.25, 0.3) is 0 Å². The summed E-state index contributed by atoms with van der Waals surface area (Å²) in [6, 6.07) is 11.9. The van der Waals surface area contributed by atoms with Crippen molar-refractivity contribution >= 4 is 29.1 Å². The largest absolute Gasteiger partial charge is 0.495 e. The van der Waals surface area contributed by atoms with Gasteiger partial charge in [0.05, 0.1) is 12.8 Å². The predicted octanol–water partition coefficient (Wildman–Crippen LogP) is 4.98. The molecule has 0 saturated heterocycles. The molecule has 0 saturated carbocycles. The quantitative estimate of drug-likeness (QED) is 0.599. The first-order chi connectivity index (χ1) is 13.0. The van der Waals surface area contributed by atoms with Crippen LogP contribution in [0.25, 0.3) is 0 Å². The summed E-state index contributed by atoms with van der Waals surface area (Å²) in [5, 5.41) is 7.05. The maximum atomic E-state index is 12.9. The number of aromatic nitrogens is 2. The molecular formula is C20H20ClFN4O. The lowest BCUT2D eigenvalue weighted by Crippen LogP contribution is -2.09. The number of hydrogen-bond acceptors (Lipinski definition) is 5. The van der Waals surface area contributed by atoms with Crippen LogP contribution in [0.3, 0.4) is 0 Å². The van der Waals surface area contributed by atoms with Gasteiger partial charge in [-0.3, -0.25) is 0 Å². The van der Waals surface area contributed by atoms with Gasteiger partial charge in [-0.25, -0.2) is 9.37 Å². The van der Waals surface area contributed by atoms with Crippen molar-refractivity contribution in [3.8, 4) is 5.75 Å². The van der Waals surface area contributed by atoms with Crippen molar-refractivity contribution in [3.63, 3.8) is 0 Å². The summed E-state index contributed by atoms with van der Waals surface area (Å²) in [5.74, 6) is 1.54. The Labute approximate surface area is 162 Å². The van der Waals surface area contributed by atoms with Gasteiger partial charge in [0.15, 0.2) is 0 Å². The molecule has 0 spiro atoms. The Morgan fingerprint density at radius 3 is 2.67 bits per heavy atom. The molecule has 27 heavy (non-hydrogen) atoms. The second-order valence-corrected chi connectivity index (χ2v) is 6.40. The summed E-state index contributed by atoms with van der Waals surface area (Å²) in [7, 11) is 1.59. The molecule has 0 aliphatic carbocycles. The van der Waals surface area contributed by atoms with Crippen LogP contribution in [-0.4, -0.2) is 23.6 Å². The molecule has 0 bridgehead atoms. The summed E-state index contributed by atoms with van der Waals surface area (Å²) in [6.45, 7) is 2.56. The highest BCUT2D eigenvalue weighted by Crippen LogP contribution is 2.32. The average molecular weight is 387 g/mol. The van der Waals surface area contributed by atoms with Gasteiger partial charge in [-0.1, -0.05) is 23.7 Å². The molecule has 0 fully saturated rings. The molecule has 1 aromatic heterocycles. The number of methoxy groups -OCH3 is 1. The fourth-order valence-corrected chi connectivity index (χ4v) is 2.70. The minimum atomic E-state index is -0.235. The Morgan fingerprint density at radius 2 is 1.93 bits per heavy atom. The molecular weight excluding hydrogens is 367 g/mol. The van der Waals surface area contributed by atoms with Crippen molar-refractivity contribution in [2.24, 2.45) is 0 Å². The molecule has 3 aromatic rings. The number of nitrogens with one attached hydrogen (secondary N) is 2. The first-order valence-electron chi connectivity index (χ1n) is 8.47. The Morgan fingerprint density at radius 1 is 1.15 bits per heavy atom. The van der Waals surface area contributed by atoms with E-state index in [2.05, 4.69) is 20.6 Å². The lowest BCUT2D eigenvalue weighted by Gasteiger charge is -2.13. The minimum absolute atomic E-state index is 0.235. The van der Waals surface area contributed by atoms with Crippen LogP contribution in [0, 0.1) is 12.7 Å². The highest BCUT2D eigenvalue weighted by atomic mass is 35.5. The third-order valence-corrected chi connectivity index (χ3v) is 4.42. The van der Waals surface area contributed by atoms with E-state index in [4.69, 9.17) is 16.3 Å². The van der Waals surface area contributed by atoms with E-state index >= 15 is 0 Å². The second-order valence-electron chi connectivity index (χ2n) is 6.00. The van der Waals surface area contributed by atoms with Crippen LogP contribution in [0.5, 0.6) is 5.75 Å². The summed E-state index contributed by atoms with van der Waals surface area (Å²) in [4.78, 5) is 8.68. The van der Waals surface area contributed by atoms with E-state index in [1.165, 1.54) is 12.1 Å². The number of ether oxygens (including phenoxy) is 1. The molecule has 7 heteroatoms. The average Bonchev–Trinajstić information content (AvgIpc) is 2.66. The monoisotopic (exact) mass is 386 g/mol. The van der Waals surface area contributed by atoms with Crippen LogP contribution >= 0.6 is 11.6 Å². The van der Waals surface area contributed by atoms with Crippen LogP contribution in [0.15, 0.2) is 48.7 Å². The van der Waals surface area contributed by atoms with Crippen molar-refractivity contribution in [3.05, 3.63) is 70.6 Å². The van der Waals surface area contributed by atoms with Crippen LogP contribution in [-0.2, 0) is 6.42 Å². The standard InChI is InChI=1S/C20H20ClFN4O/c1-13-11-17(18(27-2)12-16(13)21)25-19-8-10-24-20(26-19)23-9-7-14-3-5-15(22)6-4-14/h3-6,8,10-12H,7,9H2,1-2H3,(H2,23,24,25,26). The van der Waals surface area contributed by atoms with Gasteiger partial charge in [0.1, 0.15) is 17.4 Å². The van der Waals surface area contributed by atoms with Gasteiger partial charge in [-0.15, -0.1) is 0 Å². The van der Waals surface area contributed by atoms with Crippen molar-refractivity contribution < 1.29 is 9.13 Å². The molecule has 0 unspecified atom stereocenters. The second kappa shape index (κ2) is 8.68. The van der Waals surface area contributed by atoms with E-state index < -0.39 is 0 Å². The van der Waals surface area contributed by atoms with Gasteiger partial charge in [0.2, 0.25) is 5.95 Å². The Kier molecular flexibility index (Phi) is 6.08. The van der Waals surface area contributed by atoms with Crippen LogP contribution in [0.4, 0.5) is 21.8 Å². The van der Waals surface area contributed by atoms with Gasteiger partial charge in [-0.2, -0.15) is 4.98 Å². The molecule has 0 amide bonds. The first-order valence-corrected chi connectivity index (χ1v) is 8.85.